The summed E-state index contributed by atoms with van der Waals surface area (Å²) in [5.41, 5.74) is 8.18. The molecule has 1 heterocycles. The lowest BCUT2D eigenvalue weighted by molar-refractivity contribution is 0.0753. The average Bonchev–Trinajstić information content (AvgIpc) is 2.84. The number of amides is 1. The highest BCUT2D eigenvalue weighted by molar-refractivity contribution is 5.93. The Labute approximate surface area is 112 Å². The zero-order valence-electron chi connectivity index (χ0n) is 11.2. The summed E-state index contributed by atoms with van der Waals surface area (Å²) in [5.74, 6) is -0.0288. The molecule has 5 nitrogen and oxygen atoms in total. The fourth-order valence-electron chi connectivity index (χ4n) is 1.93. The number of hydrogen-bond acceptors (Lipinski definition) is 3. The molecule has 0 aliphatic carbocycles. The number of nitrogens with two attached hydrogens (primary N) is 1. The SMILES string of the molecule is CCN(Cc1ccccc1N)C(=O)c1cnn(C)c1. The number of nitrogens with zero attached hydrogens (tertiary/aromatic N) is 3. The molecule has 0 fully saturated rings. The Bertz CT molecular complexity index is 576. The van der Waals surface area contributed by atoms with Crippen LogP contribution in [0, 0.1) is 0 Å². The molecule has 1 aromatic carbocycles. The van der Waals surface area contributed by atoms with Crippen LogP contribution in [0.3, 0.4) is 0 Å². The number of benzene rings is 1. The first-order valence-electron chi connectivity index (χ1n) is 6.23. The predicted molar refractivity (Wildman–Crippen MR) is 74.5 cm³/mol. The Morgan fingerprint density at radius 1 is 1.42 bits per heavy atom. The number of carbonyl (C=O) groups excluding carboxylic acids is 1. The van der Waals surface area contributed by atoms with E-state index in [-0.39, 0.29) is 5.91 Å². The molecule has 0 spiro atoms. The van der Waals surface area contributed by atoms with Crippen molar-refractivity contribution in [3.8, 4) is 0 Å². The minimum Gasteiger partial charge on any atom is -0.398 e. The second-order valence-corrected chi connectivity index (χ2v) is 4.42. The van der Waals surface area contributed by atoms with Crippen LogP contribution in [0.15, 0.2) is 36.7 Å². The number of nitrogen functional groups attached to an aromatic ring is 1. The molecular formula is C14H18N4O. The van der Waals surface area contributed by atoms with Crippen LogP contribution in [0.2, 0.25) is 0 Å². The Hall–Kier alpha value is -2.30. The van der Waals surface area contributed by atoms with Crippen molar-refractivity contribution in [2.75, 3.05) is 12.3 Å². The third-order valence-electron chi connectivity index (χ3n) is 3.04. The van der Waals surface area contributed by atoms with E-state index in [1.54, 1.807) is 29.0 Å². The van der Waals surface area contributed by atoms with Crippen LogP contribution in [0.1, 0.15) is 22.8 Å². The third-order valence-corrected chi connectivity index (χ3v) is 3.04. The number of hydrogen-bond donors (Lipinski definition) is 1. The number of carbonyl (C=O) groups is 1. The zero-order valence-corrected chi connectivity index (χ0v) is 11.2. The van der Waals surface area contributed by atoms with E-state index in [0.717, 1.165) is 5.56 Å². The summed E-state index contributed by atoms with van der Waals surface area (Å²) >= 11 is 0. The lowest BCUT2D eigenvalue weighted by Gasteiger charge is -2.21. The molecule has 0 radical (unpaired) electrons. The van der Waals surface area contributed by atoms with Gasteiger partial charge < -0.3 is 10.6 Å². The maximum Gasteiger partial charge on any atom is 0.257 e. The molecule has 1 aromatic heterocycles. The van der Waals surface area contributed by atoms with Gasteiger partial charge in [-0.25, -0.2) is 0 Å². The van der Waals surface area contributed by atoms with Crippen molar-refractivity contribution in [1.82, 2.24) is 14.7 Å². The van der Waals surface area contributed by atoms with Crippen LogP contribution in [0.5, 0.6) is 0 Å². The van der Waals surface area contributed by atoms with E-state index < -0.39 is 0 Å². The van der Waals surface area contributed by atoms with Crippen molar-refractivity contribution < 1.29 is 4.79 Å². The number of anilines is 1. The van der Waals surface area contributed by atoms with E-state index in [4.69, 9.17) is 5.73 Å². The first-order chi connectivity index (χ1) is 9.11. The van der Waals surface area contributed by atoms with Gasteiger partial charge in [0, 0.05) is 32.0 Å². The van der Waals surface area contributed by atoms with Gasteiger partial charge in [-0.2, -0.15) is 5.10 Å². The topological polar surface area (TPSA) is 64.2 Å². The van der Waals surface area contributed by atoms with Crippen molar-refractivity contribution >= 4 is 11.6 Å². The molecule has 0 saturated heterocycles. The molecule has 2 N–H and O–H groups in total. The van der Waals surface area contributed by atoms with Crippen LogP contribution in [-0.4, -0.2) is 27.1 Å². The van der Waals surface area contributed by atoms with Gasteiger partial charge in [0.25, 0.3) is 5.91 Å². The molecule has 0 unspecified atom stereocenters. The molecule has 19 heavy (non-hydrogen) atoms. The Morgan fingerprint density at radius 3 is 2.74 bits per heavy atom. The zero-order chi connectivity index (χ0) is 13.8. The highest BCUT2D eigenvalue weighted by Crippen LogP contribution is 2.15. The molecule has 1 amide bonds. The number of aromatic nitrogens is 2. The van der Waals surface area contributed by atoms with Crippen LogP contribution in [0.25, 0.3) is 0 Å². The molecule has 2 aromatic rings. The van der Waals surface area contributed by atoms with Gasteiger partial charge in [0.05, 0.1) is 11.8 Å². The molecule has 0 aliphatic heterocycles. The van der Waals surface area contributed by atoms with Gasteiger partial charge in [0.15, 0.2) is 0 Å². The first-order valence-corrected chi connectivity index (χ1v) is 6.23. The Balaban J connectivity index is 2.17. The maximum atomic E-state index is 12.3. The average molecular weight is 258 g/mol. The maximum absolute atomic E-state index is 12.3. The minimum absolute atomic E-state index is 0.0288. The second kappa shape index (κ2) is 5.56. The second-order valence-electron chi connectivity index (χ2n) is 4.42. The van der Waals surface area contributed by atoms with E-state index in [9.17, 15) is 4.79 Å². The fraction of sp³-hybridized carbons (Fsp3) is 0.286. The molecule has 2 rings (SSSR count). The highest BCUT2D eigenvalue weighted by atomic mass is 16.2. The van der Waals surface area contributed by atoms with E-state index in [2.05, 4.69) is 5.10 Å². The molecular weight excluding hydrogens is 240 g/mol. The van der Waals surface area contributed by atoms with Crippen molar-refractivity contribution in [3.05, 3.63) is 47.8 Å². The molecule has 0 saturated carbocycles. The quantitative estimate of drug-likeness (QED) is 0.848. The Morgan fingerprint density at radius 2 is 2.16 bits per heavy atom. The molecule has 0 bridgehead atoms. The monoisotopic (exact) mass is 258 g/mol. The highest BCUT2D eigenvalue weighted by Gasteiger charge is 2.16. The number of rotatable bonds is 4. The van der Waals surface area contributed by atoms with Gasteiger partial charge in [-0.1, -0.05) is 18.2 Å². The van der Waals surface area contributed by atoms with Crippen LogP contribution >= 0.6 is 0 Å². The summed E-state index contributed by atoms with van der Waals surface area (Å²) in [7, 11) is 1.79. The van der Waals surface area contributed by atoms with E-state index >= 15 is 0 Å². The lowest BCUT2D eigenvalue weighted by Crippen LogP contribution is -2.30. The Kier molecular flexibility index (Phi) is 3.85. The molecule has 5 heteroatoms. The smallest absolute Gasteiger partial charge is 0.257 e. The van der Waals surface area contributed by atoms with Gasteiger partial charge in [0.2, 0.25) is 0 Å². The van der Waals surface area contributed by atoms with Crippen LogP contribution in [-0.2, 0) is 13.6 Å². The fourth-order valence-corrected chi connectivity index (χ4v) is 1.93. The summed E-state index contributed by atoms with van der Waals surface area (Å²) in [6.07, 6.45) is 3.30. The summed E-state index contributed by atoms with van der Waals surface area (Å²) in [6, 6.07) is 7.60. The number of para-hydroxylation sites is 1. The first kappa shape index (κ1) is 13.1. The van der Waals surface area contributed by atoms with Gasteiger partial charge >= 0.3 is 0 Å². The van der Waals surface area contributed by atoms with Crippen molar-refractivity contribution in [2.45, 2.75) is 13.5 Å². The molecule has 100 valence electrons. The minimum atomic E-state index is -0.0288. The normalized spacial score (nSPS) is 10.4. The van der Waals surface area contributed by atoms with Gasteiger partial charge in [-0.15, -0.1) is 0 Å². The van der Waals surface area contributed by atoms with E-state index in [1.807, 2.05) is 31.2 Å². The molecule has 0 aliphatic rings. The molecule has 0 atom stereocenters. The summed E-state index contributed by atoms with van der Waals surface area (Å²) < 4.78 is 1.62. The predicted octanol–water partition coefficient (Wildman–Crippen LogP) is 1.66. The summed E-state index contributed by atoms with van der Waals surface area (Å²) in [5, 5.41) is 4.02. The van der Waals surface area contributed by atoms with Crippen LogP contribution in [0.4, 0.5) is 5.69 Å². The van der Waals surface area contributed by atoms with Crippen LogP contribution < -0.4 is 5.73 Å². The van der Waals surface area contributed by atoms with Crippen molar-refractivity contribution in [3.63, 3.8) is 0 Å². The largest absolute Gasteiger partial charge is 0.398 e. The van der Waals surface area contributed by atoms with Gasteiger partial charge in [-0.05, 0) is 18.6 Å². The third kappa shape index (κ3) is 2.93. The standard InChI is InChI=1S/C14H18N4O/c1-3-18(10-11-6-4-5-7-13(11)15)14(19)12-8-16-17(2)9-12/h4-9H,3,10,15H2,1-2H3. The van der Waals surface area contributed by atoms with E-state index in [0.29, 0.717) is 24.3 Å². The van der Waals surface area contributed by atoms with Gasteiger partial charge in [0.1, 0.15) is 0 Å². The lowest BCUT2D eigenvalue weighted by atomic mass is 10.1. The summed E-state index contributed by atoms with van der Waals surface area (Å²) in [4.78, 5) is 14.1. The number of aryl methyl sites for hydroxylation is 1. The summed E-state index contributed by atoms with van der Waals surface area (Å²) in [6.45, 7) is 3.09. The van der Waals surface area contributed by atoms with Crippen molar-refractivity contribution in [2.24, 2.45) is 7.05 Å². The van der Waals surface area contributed by atoms with E-state index in [1.165, 1.54) is 0 Å². The van der Waals surface area contributed by atoms with Crippen molar-refractivity contribution in [1.29, 1.82) is 0 Å². The van der Waals surface area contributed by atoms with Gasteiger partial charge in [-0.3, -0.25) is 9.48 Å².